The molecule has 0 aliphatic carbocycles. The zero-order chi connectivity index (χ0) is 15.1. The predicted octanol–water partition coefficient (Wildman–Crippen LogP) is 1.97. The van der Waals surface area contributed by atoms with Crippen molar-refractivity contribution in [3.8, 4) is 5.75 Å². The van der Waals surface area contributed by atoms with Gasteiger partial charge in [0.1, 0.15) is 11.6 Å². The molecule has 0 saturated carbocycles. The highest BCUT2D eigenvalue weighted by molar-refractivity contribution is 6.00. The smallest absolute Gasteiger partial charge is 0.124 e. The van der Waals surface area contributed by atoms with Crippen LogP contribution in [0.25, 0.3) is 0 Å². The van der Waals surface area contributed by atoms with Crippen molar-refractivity contribution < 1.29 is 9.84 Å². The average molecular weight is 279 g/mol. The normalized spacial score (nSPS) is 10.7. The molecular weight excluding hydrogens is 254 g/mol. The van der Waals surface area contributed by atoms with Gasteiger partial charge < -0.3 is 20.5 Å². The Bertz CT molecular complexity index is 445. The molecule has 1 aromatic carbocycles. The lowest BCUT2D eigenvalue weighted by molar-refractivity contribution is 0.296. The molecule has 0 unspecified atom stereocenters. The lowest BCUT2D eigenvalue weighted by atomic mass is 10.1. The number of aliphatic hydroxyl groups excluding tert-OH is 1. The Morgan fingerprint density at radius 1 is 1.40 bits per heavy atom. The zero-order valence-electron chi connectivity index (χ0n) is 12.5. The fraction of sp³-hybridized carbons (Fsp3) is 0.533. The lowest BCUT2D eigenvalue weighted by Crippen LogP contribution is -2.38. The molecule has 5 heteroatoms. The standard InChI is InChI=1S/C15H25N3O2/c1-4-11(5-2)18(8-9-19)14-10-12(20-3)6-7-13(14)15(16)17/h6-7,10-11,19H,4-5,8-9H2,1-3H3,(H3,16,17). The molecule has 1 aromatic rings. The Labute approximate surface area is 120 Å². The third-order valence-corrected chi connectivity index (χ3v) is 3.53. The number of hydrogen-bond acceptors (Lipinski definition) is 4. The number of nitrogen functional groups attached to an aromatic ring is 1. The fourth-order valence-corrected chi connectivity index (χ4v) is 2.44. The largest absolute Gasteiger partial charge is 0.497 e. The number of nitrogens with zero attached hydrogens (tertiary/aromatic N) is 1. The van der Waals surface area contributed by atoms with Crippen LogP contribution in [-0.2, 0) is 0 Å². The van der Waals surface area contributed by atoms with Crippen LogP contribution >= 0.6 is 0 Å². The Kier molecular flexibility index (Phi) is 6.31. The summed E-state index contributed by atoms with van der Waals surface area (Å²) in [6, 6.07) is 5.77. The number of hydrogen-bond donors (Lipinski definition) is 3. The van der Waals surface area contributed by atoms with Gasteiger partial charge in [-0.3, -0.25) is 5.41 Å². The quantitative estimate of drug-likeness (QED) is 0.502. The molecule has 0 aliphatic rings. The number of rotatable bonds is 8. The summed E-state index contributed by atoms with van der Waals surface area (Å²) in [5.41, 5.74) is 7.20. The van der Waals surface area contributed by atoms with Crippen molar-refractivity contribution in [1.29, 1.82) is 5.41 Å². The fourth-order valence-electron chi connectivity index (χ4n) is 2.44. The Balaban J connectivity index is 3.31. The minimum absolute atomic E-state index is 0.0246. The SMILES string of the molecule is CCC(CC)N(CCO)c1cc(OC)ccc1C(=N)N. The highest BCUT2D eigenvalue weighted by atomic mass is 16.5. The van der Waals surface area contributed by atoms with Gasteiger partial charge >= 0.3 is 0 Å². The Morgan fingerprint density at radius 3 is 2.50 bits per heavy atom. The van der Waals surface area contributed by atoms with Gasteiger partial charge in [-0.25, -0.2) is 0 Å². The number of aliphatic hydroxyl groups is 1. The van der Waals surface area contributed by atoms with E-state index in [2.05, 4.69) is 18.7 Å². The molecule has 0 amide bonds. The number of nitrogens with two attached hydrogens (primary N) is 1. The van der Waals surface area contributed by atoms with E-state index in [9.17, 15) is 5.11 Å². The Morgan fingerprint density at radius 2 is 2.05 bits per heavy atom. The summed E-state index contributed by atoms with van der Waals surface area (Å²) in [5.74, 6) is 0.746. The van der Waals surface area contributed by atoms with Crippen LogP contribution in [0.15, 0.2) is 18.2 Å². The molecule has 0 fully saturated rings. The van der Waals surface area contributed by atoms with Gasteiger partial charge in [-0.15, -0.1) is 0 Å². The summed E-state index contributed by atoms with van der Waals surface area (Å²) in [7, 11) is 1.61. The van der Waals surface area contributed by atoms with E-state index >= 15 is 0 Å². The maximum absolute atomic E-state index is 9.34. The number of methoxy groups -OCH3 is 1. The van der Waals surface area contributed by atoms with Crippen molar-refractivity contribution in [3.05, 3.63) is 23.8 Å². The van der Waals surface area contributed by atoms with E-state index in [4.69, 9.17) is 15.9 Å². The van der Waals surface area contributed by atoms with Gasteiger partial charge in [-0.2, -0.15) is 0 Å². The van der Waals surface area contributed by atoms with E-state index in [1.165, 1.54) is 0 Å². The van der Waals surface area contributed by atoms with Crippen molar-refractivity contribution in [2.45, 2.75) is 32.7 Å². The first-order valence-electron chi connectivity index (χ1n) is 6.98. The number of anilines is 1. The van der Waals surface area contributed by atoms with E-state index in [1.807, 2.05) is 6.07 Å². The van der Waals surface area contributed by atoms with Crippen LogP contribution in [-0.4, -0.2) is 37.2 Å². The molecule has 0 atom stereocenters. The van der Waals surface area contributed by atoms with Gasteiger partial charge in [-0.1, -0.05) is 13.8 Å². The first-order valence-corrected chi connectivity index (χ1v) is 6.98. The zero-order valence-corrected chi connectivity index (χ0v) is 12.5. The first kappa shape index (κ1) is 16.3. The molecule has 112 valence electrons. The van der Waals surface area contributed by atoms with Gasteiger partial charge in [0.05, 0.1) is 19.4 Å². The molecule has 4 N–H and O–H groups in total. The molecule has 0 aliphatic heterocycles. The van der Waals surface area contributed by atoms with E-state index < -0.39 is 0 Å². The average Bonchev–Trinajstić information content (AvgIpc) is 2.46. The third kappa shape index (κ3) is 3.63. The van der Waals surface area contributed by atoms with Crippen LogP contribution in [0.1, 0.15) is 32.3 Å². The summed E-state index contributed by atoms with van der Waals surface area (Å²) in [6.07, 6.45) is 1.93. The summed E-state index contributed by atoms with van der Waals surface area (Å²) in [5, 5.41) is 17.1. The van der Waals surface area contributed by atoms with Crippen LogP contribution < -0.4 is 15.4 Å². The van der Waals surface area contributed by atoms with Crippen molar-refractivity contribution in [2.75, 3.05) is 25.2 Å². The predicted molar refractivity (Wildman–Crippen MR) is 82.8 cm³/mol. The minimum atomic E-state index is 0.0246. The second kappa shape index (κ2) is 7.75. The minimum Gasteiger partial charge on any atom is -0.497 e. The highest BCUT2D eigenvalue weighted by Crippen LogP contribution is 2.29. The van der Waals surface area contributed by atoms with Crippen molar-refractivity contribution in [1.82, 2.24) is 0 Å². The van der Waals surface area contributed by atoms with Crippen molar-refractivity contribution in [2.24, 2.45) is 5.73 Å². The number of nitrogens with one attached hydrogen (secondary N) is 1. The maximum atomic E-state index is 9.34. The van der Waals surface area contributed by atoms with Gasteiger partial charge in [0.25, 0.3) is 0 Å². The molecule has 0 heterocycles. The number of amidine groups is 1. The third-order valence-electron chi connectivity index (χ3n) is 3.53. The van der Waals surface area contributed by atoms with Crippen LogP contribution in [0, 0.1) is 5.41 Å². The highest BCUT2D eigenvalue weighted by Gasteiger charge is 2.20. The van der Waals surface area contributed by atoms with Crippen LogP contribution in [0.4, 0.5) is 5.69 Å². The topological polar surface area (TPSA) is 82.6 Å². The Hall–Kier alpha value is -1.75. The van der Waals surface area contributed by atoms with E-state index in [0.29, 0.717) is 18.2 Å². The summed E-state index contributed by atoms with van der Waals surface area (Å²) in [4.78, 5) is 2.11. The lowest BCUT2D eigenvalue weighted by Gasteiger charge is -2.33. The monoisotopic (exact) mass is 279 g/mol. The van der Waals surface area contributed by atoms with Gasteiger partial charge in [-0.05, 0) is 25.0 Å². The van der Waals surface area contributed by atoms with Gasteiger partial charge in [0, 0.05) is 24.2 Å². The van der Waals surface area contributed by atoms with E-state index in [0.717, 1.165) is 24.3 Å². The molecular formula is C15H25N3O2. The van der Waals surface area contributed by atoms with Gasteiger partial charge in [0.15, 0.2) is 0 Å². The maximum Gasteiger partial charge on any atom is 0.124 e. The molecule has 1 rings (SSSR count). The van der Waals surface area contributed by atoms with E-state index in [-0.39, 0.29) is 12.4 Å². The second-order valence-electron chi connectivity index (χ2n) is 4.68. The summed E-state index contributed by atoms with van der Waals surface area (Å²) < 4.78 is 5.26. The molecule has 0 aromatic heterocycles. The number of ether oxygens (including phenoxy) is 1. The molecule has 0 radical (unpaired) electrons. The molecule has 20 heavy (non-hydrogen) atoms. The molecule has 0 spiro atoms. The molecule has 0 bridgehead atoms. The van der Waals surface area contributed by atoms with Crippen LogP contribution in [0.2, 0.25) is 0 Å². The second-order valence-corrected chi connectivity index (χ2v) is 4.68. The van der Waals surface area contributed by atoms with Crippen molar-refractivity contribution in [3.63, 3.8) is 0 Å². The summed E-state index contributed by atoms with van der Waals surface area (Å²) >= 11 is 0. The van der Waals surface area contributed by atoms with Crippen LogP contribution in [0.5, 0.6) is 5.75 Å². The molecule has 5 nitrogen and oxygen atoms in total. The number of benzene rings is 1. The van der Waals surface area contributed by atoms with Crippen molar-refractivity contribution >= 4 is 11.5 Å². The van der Waals surface area contributed by atoms with Gasteiger partial charge in [0.2, 0.25) is 0 Å². The van der Waals surface area contributed by atoms with Crippen LogP contribution in [0.3, 0.4) is 0 Å². The summed E-state index contributed by atoms with van der Waals surface area (Å²) in [6.45, 7) is 4.81. The van der Waals surface area contributed by atoms with E-state index in [1.54, 1.807) is 19.2 Å². The first-order chi connectivity index (χ1) is 9.58. The molecule has 0 saturated heterocycles.